The van der Waals surface area contributed by atoms with E-state index in [2.05, 4.69) is 0 Å². The van der Waals surface area contributed by atoms with E-state index in [1.165, 1.54) is 13.8 Å². The number of ketones is 1. The molecule has 1 heterocycles. The first-order valence-corrected chi connectivity index (χ1v) is 7.48. The van der Waals surface area contributed by atoms with Crippen LogP contribution in [-0.2, 0) is 38.1 Å². The molecule has 1 aliphatic heterocycles. The second kappa shape index (κ2) is 8.74. The average molecular weight is 346 g/mol. The van der Waals surface area contributed by atoms with E-state index in [-0.39, 0.29) is 18.6 Å². The van der Waals surface area contributed by atoms with Gasteiger partial charge >= 0.3 is 17.9 Å². The summed E-state index contributed by atoms with van der Waals surface area (Å²) in [5.74, 6) is -2.30. The van der Waals surface area contributed by atoms with Crippen LogP contribution in [0.4, 0.5) is 0 Å². The Morgan fingerprint density at radius 2 is 1.42 bits per heavy atom. The maximum Gasteiger partial charge on any atom is 0.306 e. The zero-order valence-corrected chi connectivity index (χ0v) is 14.0. The van der Waals surface area contributed by atoms with Crippen molar-refractivity contribution in [2.24, 2.45) is 0 Å². The minimum Gasteiger partial charge on any atom is -0.455 e. The number of esters is 3. The molecule has 5 atom stereocenters. The van der Waals surface area contributed by atoms with Crippen LogP contribution in [0.1, 0.15) is 40.5 Å². The second-order valence-corrected chi connectivity index (χ2v) is 5.54. The van der Waals surface area contributed by atoms with Gasteiger partial charge in [-0.05, 0) is 13.8 Å². The largest absolute Gasteiger partial charge is 0.455 e. The van der Waals surface area contributed by atoms with Gasteiger partial charge in [0.05, 0.1) is 12.5 Å². The van der Waals surface area contributed by atoms with Crippen molar-refractivity contribution in [3.05, 3.63) is 0 Å². The first-order chi connectivity index (χ1) is 11.1. The lowest BCUT2D eigenvalue weighted by molar-refractivity contribution is -0.288. The summed E-state index contributed by atoms with van der Waals surface area (Å²) in [6, 6.07) is 0. The molecule has 0 aliphatic carbocycles. The summed E-state index contributed by atoms with van der Waals surface area (Å²) in [5, 5.41) is 9.92. The molecule has 0 unspecified atom stereocenters. The van der Waals surface area contributed by atoms with Crippen LogP contribution < -0.4 is 0 Å². The van der Waals surface area contributed by atoms with Crippen LogP contribution >= 0.6 is 0 Å². The molecule has 9 heteroatoms. The molecule has 0 saturated carbocycles. The minimum atomic E-state index is -1.54. The lowest BCUT2D eigenvalue weighted by atomic mass is 9.99. The van der Waals surface area contributed by atoms with Crippen LogP contribution in [0, 0.1) is 0 Å². The Hall–Kier alpha value is -2.00. The summed E-state index contributed by atoms with van der Waals surface area (Å²) in [5.41, 5.74) is 0. The molecule has 0 amide bonds. The Kier molecular flexibility index (Phi) is 7.30. The molecule has 1 aliphatic rings. The molecular weight excluding hydrogens is 324 g/mol. The number of hydrogen-bond acceptors (Lipinski definition) is 9. The van der Waals surface area contributed by atoms with Crippen molar-refractivity contribution < 1.29 is 43.2 Å². The van der Waals surface area contributed by atoms with Crippen LogP contribution in [-0.4, -0.2) is 59.5 Å². The number of Topliss-reactive ketones (excluding diaryl/α,β-unsaturated/α-hetero) is 1. The molecule has 0 aromatic rings. The SMILES string of the molecule is CC(=O)CCC(=O)O[C@@H]1[C@@H](OC(C)=O)[C@@H](OC(C)=O)[C@H](O)O[C@H]1C. The van der Waals surface area contributed by atoms with E-state index in [9.17, 15) is 24.3 Å². The van der Waals surface area contributed by atoms with Gasteiger partial charge in [-0.1, -0.05) is 0 Å². The number of carbonyl (C=O) groups excluding carboxylic acids is 4. The molecule has 1 rings (SSSR count). The van der Waals surface area contributed by atoms with Gasteiger partial charge in [0.25, 0.3) is 0 Å². The molecule has 1 fully saturated rings. The van der Waals surface area contributed by atoms with Crippen molar-refractivity contribution in [2.45, 2.75) is 71.2 Å². The number of rotatable bonds is 6. The van der Waals surface area contributed by atoms with Crippen LogP contribution in [0.15, 0.2) is 0 Å². The second-order valence-electron chi connectivity index (χ2n) is 5.54. The van der Waals surface area contributed by atoms with Crippen LogP contribution in [0.2, 0.25) is 0 Å². The van der Waals surface area contributed by atoms with E-state index < -0.39 is 48.6 Å². The van der Waals surface area contributed by atoms with E-state index in [1.807, 2.05) is 0 Å². The average Bonchev–Trinajstić information content (AvgIpc) is 2.44. The van der Waals surface area contributed by atoms with E-state index in [0.717, 1.165) is 13.8 Å². The van der Waals surface area contributed by atoms with Crippen molar-refractivity contribution in [1.82, 2.24) is 0 Å². The highest BCUT2D eigenvalue weighted by Gasteiger charge is 2.49. The summed E-state index contributed by atoms with van der Waals surface area (Å²) in [6.07, 6.45) is -6.17. The fourth-order valence-electron chi connectivity index (χ4n) is 2.29. The van der Waals surface area contributed by atoms with Crippen molar-refractivity contribution >= 4 is 23.7 Å². The van der Waals surface area contributed by atoms with E-state index in [1.54, 1.807) is 0 Å². The molecule has 0 radical (unpaired) electrons. The zero-order valence-electron chi connectivity index (χ0n) is 14.0. The van der Waals surface area contributed by atoms with Crippen molar-refractivity contribution in [1.29, 1.82) is 0 Å². The summed E-state index contributed by atoms with van der Waals surface area (Å²) in [7, 11) is 0. The molecule has 136 valence electrons. The monoisotopic (exact) mass is 346 g/mol. The summed E-state index contributed by atoms with van der Waals surface area (Å²) in [6.45, 7) is 5.09. The highest BCUT2D eigenvalue weighted by molar-refractivity contribution is 5.81. The third-order valence-electron chi connectivity index (χ3n) is 3.30. The quantitative estimate of drug-likeness (QED) is 0.517. The summed E-state index contributed by atoms with van der Waals surface area (Å²) in [4.78, 5) is 45.3. The standard InChI is InChI=1S/C15H22O9/c1-7(16)5-6-11(19)24-12-8(2)21-15(20)14(23-10(4)18)13(12)22-9(3)17/h8,12-15,20H,5-6H2,1-4H3/t8-,12-,13+,14+,15+/m0/s1. The lowest BCUT2D eigenvalue weighted by Gasteiger charge is -2.41. The van der Waals surface area contributed by atoms with Gasteiger partial charge in [0.15, 0.2) is 24.6 Å². The van der Waals surface area contributed by atoms with E-state index in [4.69, 9.17) is 18.9 Å². The van der Waals surface area contributed by atoms with Gasteiger partial charge in [-0.25, -0.2) is 0 Å². The van der Waals surface area contributed by atoms with Crippen molar-refractivity contribution in [3.63, 3.8) is 0 Å². The Morgan fingerprint density at radius 1 is 0.875 bits per heavy atom. The van der Waals surface area contributed by atoms with Crippen LogP contribution in [0.25, 0.3) is 0 Å². The van der Waals surface area contributed by atoms with Gasteiger partial charge in [-0.3, -0.25) is 14.4 Å². The Labute approximate surface area is 139 Å². The number of hydrogen-bond donors (Lipinski definition) is 1. The van der Waals surface area contributed by atoms with Crippen molar-refractivity contribution in [2.75, 3.05) is 0 Å². The summed E-state index contributed by atoms with van der Waals surface area (Å²) < 4.78 is 20.4. The third-order valence-corrected chi connectivity index (χ3v) is 3.30. The predicted octanol–water partition coefficient (Wildman–Crippen LogP) is -0.132. The van der Waals surface area contributed by atoms with Gasteiger partial charge < -0.3 is 28.8 Å². The predicted molar refractivity (Wildman–Crippen MR) is 77.5 cm³/mol. The van der Waals surface area contributed by atoms with Gasteiger partial charge in [-0.15, -0.1) is 0 Å². The third kappa shape index (κ3) is 5.89. The maximum absolute atomic E-state index is 11.9. The minimum absolute atomic E-state index is 0.00895. The molecule has 0 spiro atoms. The smallest absolute Gasteiger partial charge is 0.306 e. The molecule has 1 saturated heterocycles. The molecule has 0 aromatic carbocycles. The molecular formula is C15H22O9. The molecule has 1 N–H and O–H groups in total. The first kappa shape index (κ1) is 20.0. The molecule has 0 bridgehead atoms. The van der Waals surface area contributed by atoms with Gasteiger partial charge in [0.2, 0.25) is 0 Å². The normalized spacial score (nSPS) is 29.5. The molecule has 9 nitrogen and oxygen atoms in total. The van der Waals surface area contributed by atoms with Crippen LogP contribution in [0.5, 0.6) is 0 Å². The fourth-order valence-corrected chi connectivity index (χ4v) is 2.29. The maximum atomic E-state index is 11.9. The number of aliphatic hydroxyl groups is 1. The van der Waals surface area contributed by atoms with Gasteiger partial charge in [0.1, 0.15) is 5.78 Å². The highest BCUT2D eigenvalue weighted by atomic mass is 16.7. The Morgan fingerprint density at radius 3 is 1.92 bits per heavy atom. The Balaban J connectivity index is 2.93. The molecule has 24 heavy (non-hydrogen) atoms. The molecule has 0 aromatic heterocycles. The highest BCUT2D eigenvalue weighted by Crippen LogP contribution is 2.27. The zero-order chi connectivity index (χ0) is 18.4. The van der Waals surface area contributed by atoms with Gasteiger partial charge in [0, 0.05) is 20.3 Å². The van der Waals surface area contributed by atoms with Gasteiger partial charge in [-0.2, -0.15) is 0 Å². The number of aliphatic hydroxyl groups excluding tert-OH is 1. The first-order valence-electron chi connectivity index (χ1n) is 7.48. The van der Waals surface area contributed by atoms with Crippen molar-refractivity contribution in [3.8, 4) is 0 Å². The fraction of sp³-hybridized carbons (Fsp3) is 0.733. The van der Waals surface area contributed by atoms with E-state index in [0.29, 0.717) is 0 Å². The number of ether oxygens (including phenoxy) is 4. The Bertz CT molecular complexity index is 501. The summed E-state index contributed by atoms with van der Waals surface area (Å²) >= 11 is 0. The lowest BCUT2D eigenvalue weighted by Crippen LogP contribution is -2.60. The number of carbonyl (C=O) groups is 4. The van der Waals surface area contributed by atoms with Crippen LogP contribution in [0.3, 0.4) is 0 Å². The topological polar surface area (TPSA) is 125 Å². The van der Waals surface area contributed by atoms with E-state index >= 15 is 0 Å².